The Bertz CT molecular complexity index is 290. The summed E-state index contributed by atoms with van der Waals surface area (Å²) in [5, 5.41) is 11.9. The molecule has 0 aromatic rings. The Kier molecular flexibility index (Phi) is 3.43. The van der Waals surface area contributed by atoms with E-state index in [1.807, 2.05) is 11.9 Å². The fourth-order valence-electron chi connectivity index (χ4n) is 2.04. The minimum Gasteiger partial charge on any atom is -0.411 e. The number of carbonyl (C=O) groups is 1. The van der Waals surface area contributed by atoms with Gasteiger partial charge in [0, 0.05) is 39.0 Å². The van der Waals surface area contributed by atoms with Gasteiger partial charge in [-0.15, -0.1) is 0 Å². The van der Waals surface area contributed by atoms with Crippen molar-refractivity contribution in [2.24, 2.45) is 5.16 Å². The molecule has 90 valence electrons. The molecule has 2 aliphatic rings. The molecular weight excluding hydrogens is 206 g/mol. The summed E-state index contributed by atoms with van der Waals surface area (Å²) in [5.41, 5.74) is 0.847. The highest BCUT2D eigenvalue weighted by molar-refractivity contribution is 5.85. The normalized spacial score (nSPS) is 21.9. The van der Waals surface area contributed by atoms with Gasteiger partial charge in [-0.3, -0.25) is 9.69 Å². The number of hydrogen-bond acceptors (Lipinski definition) is 4. The molecule has 2 rings (SSSR count). The van der Waals surface area contributed by atoms with Crippen molar-refractivity contribution in [2.75, 3.05) is 26.7 Å². The van der Waals surface area contributed by atoms with E-state index in [1.165, 1.54) is 0 Å². The zero-order chi connectivity index (χ0) is 11.5. The van der Waals surface area contributed by atoms with Gasteiger partial charge < -0.3 is 10.1 Å². The van der Waals surface area contributed by atoms with Crippen LogP contribution in [0.4, 0.5) is 0 Å². The van der Waals surface area contributed by atoms with Crippen molar-refractivity contribution in [3.05, 3.63) is 0 Å². The van der Waals surface area contributed by atoms with Crippen molar-refractivity contribution >= 4 is 11.6 Å². The van der Waals surface area contributed by atoms with Crippen molar-refractivity contribution in [2.45, 2.75) is 31.7 Å². The number of likely N-dealkylation sites (N-methyl/N-ethyl adjacent to an activating group) is 1. The highest BCUT2D eigenvalue weighted by atomic mass is 16.4. The van der Waals surface area contributed by atoms with Gasteiger partial charge in [0.1, 0.15) is 0 Å². The van der Waals surface area contributed by atoms with Crippen LogP contribution in [0.2, 0.25) is 0 Å². The molecule has 0 spiro atoms. The number of oxime groups is 1. The van der Waals surface area contributed by atoms with E-state index in [-0.39, 0.29) is 5.91 Å². The average Bonchev–Trinajstić information content (AvgIpc) is 3.13. The second-order valence-corrected chi connectivity index (χ2v) is 4.68. The summed E-state index contributed by atoms with van der Waals surface area (Å²) in [6.07, 6.45) is 3.86. The molecule has 1 heterocycles. The zero-order valence-electron chi connectivity index (χ0n) is 9.72. The van der Waals surface area contributed by atoms with E-state index < -0.39 is 0 Å². The maximum Gasteiger partial charge on any atom is 0.236 e. The molecule has 0 aromatic carbocycles. The minimum absolute atomic E-state index is 0.215. The van der Waals surface area contributed by atoms with Crippen molar-refractivity contribution in [1.82, 2.24) is 9.80 Å². The molecule has 1 amide bonds. The SMILES string of the molecule is CN(C(=O)CN1CCC(=NO)CC1)C1CC1. The quantitative estimate of drug-likeness (QED) is 0.563. The molecule has 0 atom stereocenters. The van der Waals surface area contributed by atoms with Crippen molar-refractivity contribution in [3.8, 4) is 0 Å². The summed E-state index contributed by atoms with van der Waals surface area (Å²) in [5.74, 6) is 0.215. The van der Waals surface area contributed by atoms with Crippen LogP contribution < -0.4 is 0 Å². The van der Waals surface area contributed by atoms with Crippen molar-refractivity contribution in [1.29, 1.82) is 0 Å². The van der Waals surface area contributed by atoms with Gasteiger partial charge in [0.2, 0.25) is 5.91 Å². The number of rotatable bonds is 3. The van der Waals surface area contributed by atoms with E-state index in [0.717, 1.165) is 44.5 Å². The third kappa shape index (κ3) is 2.72. The molecule has 2 fully saturated rings. The fraction of sp³-hybridized carbons (Fsp3) is 0.818. The number of hydrogen-bond donors (Lipinski definition) is 1. The third-order valence-corrected chi connectivity index (χ3v) is 3.42. The Labute approximate surface area is 95.7 Å². The second kappa shape index (κ2) is 4.82. The molecule has 0 bridgehead atoms. The Morgan fingerprint density at radius 1 is 1.50 bits per heavy atom. The van der Waals surface area contributed by atoms with Crippen LogP contribution in [-0.2, 0) is 4.79 Å². The average molecular weight is 225 g/mol. The monoisotopic (exact) mass is 225 g/mol. The number of nitrogens with zero attached hydrogens (tertiary/aromatic N) is 3. The maximum atomic E-state index is 11.8. The lowest BCUT2D eigenvalue weighted by molar-refractivity contribution is -0.131. The number of amides is 1. The largest absolute Gasteiger partial charge is 0.411 e. The molecule has 1 aliphatic heterocycles. The maximum absolute atomic E-state index is 11.8. The highest BCUT2D eigenvalue weighted by Gasteiger charge is 2.30. The van der Waals surface area contributed by atoms with E-state index >= 15 is 0 Å². The Morgan fingerprint density at radius 3 is 2.62 bits per heavy atom. The van der Waals surface area contributed by atoms with Crippen LogP contribution in [0.3, 0.4) is 0 Å². The van der Waals surface area contributed by atoms with Crippen LogP contribution in [0, 0.1) is 0 Å². The van der Waals surface area contributed by atoms with Gasteiger partial charge in [0.25, 0.3) is 0 Å². The minimum atomic E-state index is 0.215. The van der Waals surface area contributed by atoms with E-state index in [4.69, 9.17) is 5.21 Å². The first kappa shape index (κ1) is 11.4. The summed E-state index contributed by atoms with van der Waals surface area (Å²) in [6.45, 7) is 2.15. The molecule has 1 aliphatic carbocycles. The molecule has 1 N–H and O–H groups in total. The number of piperidine rings is 1. The van der Waals surface area contributed by atoms with E-state index in [0.29, 0.717) is 12.6 Å². The molecule has 16 heavy (non-hydrogen) atoms. The van der Waals surface area contributed by atoms with Gasteiger partial charge in [-0.05, 0) is 12.8 Å². The lowest BCUT2D eigenvalue weighted by atomic mass is 10.1. The van der Waals surface area contributed by atoms with Gasteiger partial charge in [-0.1, -0.05) is 5.16 Å². The molecule has 5 nitrogen and oxygen atoms in total. The first-order valence-corrected chi connectivity index (χ1v) is 5.88. The van der Waals surface area contributed by atoms with E-state index in [2.05, 4.69) is 10.1 Å². The van der Waals surface area contributed by atoms with Gasteiger partial charge in [-0.25, -0.2) is 0 Å². The van der Waals surface area contributed by atoms with Crippen LogP contribution in [0.5, 0.6) is 0 Å². The molecule has 0 unspecified atom stereocenters. The molecule has 5 heteroatoms. The molecule has 0 radical (unpaired) electrons. The summed E-state index contributed by atoms with van der Waals surface area (Å²) in [6, 6.07) is 0.492. The van der Waals surface area contributed by atoms with Crippen molar-refractivity contribution in [3.63, 3.8) is 0 Å². The highest BCUT2D eigenvalue weighted by Crippen LogP contribution is 2.25. The summed E-state index contributed by atoms with van der Waals surface area (Å²) in [7, 11) is 1.89. The van der Waals surface area contributed by atoms with Gasteiger partial charge in [0.15, 0.2) is 0 Å². The van der Waals surface area contributed by atoms with Crippen LogP contribution >= 0.6 is 0 Å². The first-order chi connectivity index (χ1) is 7.70. The van der Waals surface area contributed by atoms with Crippen LogP contribution in [0.25, 0.3) is 0 Å². The Hall–Kier alpha value is -1.10. The van der Waals surface area contributed by atoms with E-state index in [1.54, 1.807) is 0 Å². The van der Waals surface area contributed by atoms with Crippen LogP contribution in [0.1, 0.15) is 25.7 Å². The second-order valence-electron chi connectivity index (χ2n) is 4.68. The van der Waals surface area contributed by atoms with Crippen LogP contribution in [0.15, 0.2) is 5.16 Å². The van der Waals surface area contributed by atoms with Crippen molar-refractivity contribution < 1.29 is 10.0 Å². The predicted octanol–water partition coefficient (Wildman–Crippen LogP) is 0.533. The Balaban J connectivity index is 1.75. The third-order valence-electron chi connectivity index (χ3n) is 3.42. The molecule has 0 aromatic heterocycles. The lowest BCUT2D eigenvalue weighted by Gasteiger charge is -2.28. The smallest absolute Gasteiger partial charge is 0.236 e. The number of carbonyl (C=O) groups excluding carboxylic acids is 1. The summed E-state index contributed by atoms with van der Waals surface area (Å²) >= 11 is 0. The topological polar surface area (TPSA) is 56.1 Å². The lowest BCUT2D eigenvalue weighted by Crippen LogP contribution is -2.42. The Morgan fingerprint density at radius 2 is 2.12 bits per heavy atom. The standard InChI is InChI=1S/C11H19N3O2/c1-13(10-2-3-10)11(15)8-14-6-4-9(12-16)5-7-14/h10,16H,2-8H2,1H3. The van der Waals surface area contributed by atoms with Crippen LogP contribution in [-0.4, -0.2) is 59.3 Å². The van der Waals surface area contributed by atoms with Gasteiger partial charge >= 0.3 is 0 Å². The summed E-state index contributed by atoms with van der Waals surface area (Å²) in [4.78, 5) is 15.9. The molecule has 1 saturated carbocycles. The van der Waals surface area contributed by atoms with Gasteiger partial charge in [-0.2, -0.15) is 0 Å². The first-order valence-electron chi connectivity index (χ1n) is 5.88. The summed E-state index contributed by atoms with van der Waals surface area (Å²) < 4.78 is 0. The predicted molar refractivity (Wildman–Crippen MR) is 60.7 cm³/mol. The van der Waals surface area contributed by atoms with E-state index in [9.17, 15) is 4.79 Å². The van der Waals surface area contributed by atoms with Gasteiger partial charge in [0.05, 0.1) is 12.3 Å². The molecule has 1 saturated heterocycles. The number of likely N-dealkylation sites (tertiary alicyclic amines) is 1. The zero-order valence-corrected chi connectivity index (χ0v) is 9.72. The fourth-order valence-corrected chi connectivity index (χ4v) is 2.04. The molecular formula is C11H19N3O2.